The molecule has 3 heteroatoms. The molecule has 0 atom stereocenters. The third kappa shape index (κ3) is 2.29. The number of nitrogens with one attached hydrogen (secondary N) is 1. The molecule has 1 aromatic rings. The van der Waals surface area contributed by atoms with Crippen LogP contribution in [0.5, 0.6) is 0 Å². The lowest BCUT2D eigenvalue weighted by Gasteiger charge is -2.42. The fraction of sp³-hybridized carbons (Fsp3) is 0.462. The fourth-order valence-electron chi connectivity index (χ4n) is 2.08. The summed E-state index contributed by atoms with van der Waals surface area (Å²) in [6.07, 6.45) is 4.49. The van der Waals surface area contributed by atoms with Crippen LogP contribution < -0.4 is 5.32 Å². The lowest BCUT2D eigenvalue weighted by atomic mass is 9.74. The first kappa shape index (κ1) is 11.6. The number of amides is 1. The van der Waals surface area contributed by atoms with Crippen molar-refractivity contribution < 1.29 is 4.79 Å². The molecule has 2 nitrogen and oxygen atoms in total. The van der Waals surface area contributed by atoms with Crippen molar-refractivity contribution in [2.24, 2.45) is 0 Å². The first-order chi connectivity index (χ1) is 7.65. The van der Waals surface area contributed by atoms with Crippen LogP contribution in [0.4, 0.5) is 0 Å². The summed E-state index contributed by atoms with van der Waals surface area (Å²) in [5.74, 6) is 0.0500. The molecule has 0 heterocycles. The summed E-state index contributed by atoms with van der Waals surface area (Å²) in [6.45, 7) is 2.14. The summed E-state index contributed by atoms with van der Waals surface area (Å²) in [5, 5.41) is 3.16. The second kappa shape index (κ2) is 4.58. The topological polar surface area (TPSA) is 29.1 Å². The highest BCUT2D eigenvalue weighted by Gasteiger charge is 2.36. The average molecular weight is 282 g/mol. The Kier molecular flexibility index (Phi) is 3.33. The Hall–Kier alpha value is -0.830. The van der Waals surface area contributed by atoms with Crippen LogP contribution in [0.2, 0.25) is 0 Å². The van der Waals surface area contributed by atoms with Crippen molar-refractivity contribution in [1.82, 2.24) is 5.32 Å². The summed E-state index contributed by atoms with van der Waals surface area (Å²) in [5.41, 5.74) is 0.812. The SMILES string of the molecule is CCC1(NC(=O)c2ccc(Br)cc2)CCC1. The highest BCUT2D eigenvalue weighted by molar-refractivity contribution is 9.10. The molecule has 1 N–H and O–H groups in total. The van der Waals surface area contributed by atoms with Crippen LogP contribution >= 0.6 is 15.9 Å². The van der Waals surface area contributed by atoms with Crippen LogP contribution in [0.15, 0.2) is 28.7 Å². The minimum Gasteiger partial charge on any atom is -0.347 e. The summed E-state index contributed by atoms with van der Waals surface area (Å²) in [6, 6.07) is 7.49. The van der Waals surface area contributed by atoms with E-state index in [4.69, 9.17) is 0 Å². The van der Waals surface area contributed by atoms with Crippen LogP contribution in [-0.4, -0.2) is 11.4 Å². The van der Waals surface area contributed by atoms with Crippen molar-refractivity contribution in [2.45, 2.75) is 38.1 Å². The second-order valence-corrected chi connectivity index (χ2v) is 5.36. The molecule has 0 aliphatic heterocycles. The molecule has 0 saturated heterocycles. The molecule has 0 bridgehead atoms. The molecule has 1 saturated carbocycles. The Labute approximate surface area is 105 Å². The van der Waals surface area contributed by atoms with Gasteiger partial charge in [0.1, 0.15) is 0 Å². The number of benzene rings is 1. The maximum absolute atomic E-state index is 12.0. The summed E-state index contributed by atoms with van der Waals surface area (Å²) >= 11 is 3.36. The zero-order valence-corrected chi connectivity index (χ0v) is 11.0. The van der Waals surface area contributed by atoms with E-state index in [0.29, 0.717) is 0 Å². The molecular weight excluding hydrogens is 266 g/mol. The van der Waals surface area contributed by atoms with Gasteiger partial charge < -0.3 is 5.32 Å². The smallest absolute Gasteiger partial charge is 0.251 e. The quantitative estimate of drug-likeness (QED) is 0.903. The predicted octanol–water partition coefficient (Wildman–Crippen LogP) is 3.51. The highest BCUT2D eigenvalue weighted by Crippen LogP contribution is 2.34. The van der Waals surface area contributed by atoms with Crippen molar-refractivity contribution >= 4 is 21.8 Å². The van der Waals surface area contributed by atoms with Crippen LogP contribution in [0.3, 0.4) is 0 Å². The largest absolute Gasteiger partial charge is 0.347 e. The van der Waals surface area contributed by atoms with Gasteiger partial charge in [0.25, 0.3) is 5.91 Å². The molecule has 1 amide bonds. The standard InChI is InChI=1S/C13H16BrNO/c1-2-13(8-3-9-13)15-12(16)10-4-6-11(14)7-5-10/h4-7H,2-3,8-9H2,1H3,(H,15,16). The molecule has 16 heavy (non-hydrogen) atoms. The van der Waals surface area contributed by atoms with Gasteiger partial charge in [0.2, 0.25) is 0 Å². The number of rotatable bonds is 3. The molecule has 0 spiro atoms. The number of hydrogen-bond donors (Lipinski definition) is 1. The van der Waals surface area contributed by atoms with Crippen molar-refractivity contribution in [3.63, 3.8) is 0 Å². The van der Waals surface area contributed by atoms with E-state index in [9.17, 15) is 4.79 Å². The van der Waals surface area contributed by atoms with Gasteiger partial charge in [-0.15, -0.1) is 0 Å². The van der Waals surface area contributed by atoms with E-state index in [2.05, 4.69) is 28.2 Å². The maximum Gasteiger partial charge on any atom is 0.251 e. The number of carbonyl (C=O) groups is 1. The molecule has 1 aliphatic rings. The Morgan fingerprint density at radius 1 is 1.38 bits per heavy atom. The third-order valence-corrected chi connectivity index (χ3v) is 4.00. The second-order valence-electron chi connectivity index (χ2n) is 4.45. The molecule has 0 unspecified atom stereocenters. The fourth-order valence-corrected chi connectivity index (χ4v) is 2.35. The van der Waals surface area contributed by atoms with Gasteiger partial charge in [-0.05, 0) is 49.9 Å². The molecule has 0 radical (unpaired) electrons. The van der Waals surface area contributed by atoms with Gasteiger partial charge in [0.15, 0.2) is 0 Å². The first-order valence-electron chi connectivity index (χ1n) is 5.73. The van der Waals surface area contributed by atoms with E-state index in [1.54, 1.807) is 0 Å². The van der Waals surface area contributed by atoms with E-state index >= 15 is 0 Å². The molecular formula is C13H16BrNO. The summed E-state index contributed by atoms with van der Waals surface area (Å²) in [7, 11) is 0. The Morgan fingerprint density at radius 2 is 2.00 bits per heavy atom. The third-order valence-electron chi connectivity index (χ3n) is 3.47. The van der Waals surface area contributed by atoms with Crippen molar-refractivity contribution in [3.05, 3.63) is 34.3 Å². The minimum atomic E-state index is 0.0500. The zero-order chi connectivity index (χ0) is 11.6. The van der Waals surface area contributed by atoms with Crippen molar-refractivity contribution in [3.8, 4) is 0 Å². The Balaban J connectivity index is 2.05. The first-order valence-corrected chi connectivity index (χ1v) is 6.53. The van der Waals surface area contributed by atoms with Crippen LogP contribution in [-0.2, 0) is 0 Å². The summed E-state index contributed by atoms with van der Waals surface area (Å²) in [4.78, 5) is 12.0. The molecule has 86 valence electrons. The minimum absolute atomic E-state index is 0.0500. The van der Waals surface area contributed by atoms with Gasteiger partial charge in [-0.25, -0.2) is 0 Å². The molecule has 0 aromatic heterocycles. The molecule has 2 rings (SSSR count). The lowest BCUT2D eigenvalue weighted by molar-refractivity contribution is 0.0820. The summed E-state index contributed by atoms with van der Waals surface area (Å²) < 4.78 is 0.998. The normalized spacial score (nSPS) is 17.6. The van der Waals surface area contributed by atoms with Crippen LogP contribution in [0.25, 0.3) is 0 Å². The molecule has 1 aliphatic carbocycles. The van der Waals surface area contributed by atoms with E-state index < -0.39 is 0 Å². The van der Waals surface area contributed by atoms with Crippen LogP contribution in [0, 0.1) is 0 Å². The van der Waals surface area contributed by atoms with Gasteiger partial charge in [-0.2, -0.15) is 0 Å². The number of halogens is 1. The average Bonchev–Trinajstić information content (AvgIpc) is 2.24. The van der Waals surface area contributed by atoms with Gasteiger partial charge in [0.05, 0.1) is 0 Å². The van der Waals surface area contributed by atoms with Crippen molar-refractivity contribution in [1.29, 1.82) is 0 Å². The van der Waals surface area contributed by atoms with E-state index in [1.165, 1.54) is 6.42 Å². The Bertz CT molecular complexity index is 376. The number of carbonyl (C=O) groups excluding carboxylic acids is 1. The molecule has 1 aromatic carbocycles. The Morgan fingerprint density at radius 3 is 2.44 bits per heavy atom. The maximum atomic E-state index is 12.0. The van der Waals surface area contributed by atoms with Crippen LogP contribution in [0.1, 0.15) is 43.0 Å². The predicted molar refractivity (Wildman–Crippen MR) is 68.5 cm³/mol. The highest BCUT2D eigenvalue weighted by atomic mass is 79.9. The van der Waals surface area contributed by atoms with Gasteiger partial charge in [0, 0.05) is 15.6 Å². The van der Waals surface area contributed by atoms with Gasteiger partial charge >= 0.3 is 0 Å². The van der Waals surface area contributed by atoms with Gasteiger partial charge in [-0.3, -0.25) is 4.79 Å². The van der Waals surface area contributed by atoms with E-state index in [1.807, 2.05) is 24.3 Å². The zero-order valence-electron chi connectivity index (χ0n) is 9.42. The van der Waals surface area contributed by atoms with E-state index in [0.717, 1.165) is 29.3 Å². The molecule has 1 fully saturated rings. The number of hydrogen-bond acceptors (Lipinski definition) is 1. The van der Waals surface area contributed by atoms with Gasteiger partial charge in [-0.1, -0.05) is 22.9 Å². The monoisotopic (exact) mass is 281 g/mol. The van der Waals surface area contributed by atoms with Crippen molar-refractivity contribution in [2.75, 3.05) is 0 Å². The lowest BCUT2D eigenvalue weighted by Crippen LogP contribution is -2.52. The van der Waals surface area contributed by atoms with E-state index in [-0.39, 0.29) is 11.4 Å².